The molecule has 18 heavy (non-hydrogen) atoms. The number of imidazole rings is 1. The van der Waals surface area contributed by atoms with Gasteiger partial charge in [0.05, 0.1) is 17.4 Å². The second-order valence-electron chi connectivity index (χ2n) is 3.89. The molecule has 2 heterocycles. The highest BCUT2D eigenvalue weighted by Crippen LogP contribution is 2.22. The number of hydrogen-bond donors (Lipinski definition) is 1. The number of rotatable bonds is 1. The molecule has 0 bridgehead atoms. The van der Waals surface area contributed by atoms with Gasteiger partial charge in [0.25, 0.3) is 0 Å². The molecule has 0 spiro atoms. The Labute approximate surface area is 101 Å². The summed E-state index contributed by atoms with van der Waals surface area (Å²) in [5.41, 5.74) is 1.64. The van der Waals surface area contributed by atoms with Gasteiger partial charge in [-0.05, 0) is 19.1 Å². The normalized spacial score (nSPS) is 11.1. The monoisotopic (exact) mass is 246 g/mol. The lowest BCUT2D eigenvalue weighted by Crippen LogP contribution is -1.89. The molecule has 0 amide bonds. The van der Waals surface area contributed by atoms with Crippen molar-refractivity contribution in [3.05, 3.63) is 41.9 Å². The molecule has 1 N–H and O–H groups in total. The minimum Gasteiger partial charge on any atom is -0.336 e. The summed E-state index contributed by atoms with van der Waals surface area (Å²) >= 11 is 0. The van der Waals surface area contributed by atoms with Crippen LogP contribution in [-0.2, 0) is 0 Å². The Morgan fingerprint density at radius 2 is 1.94 bits per heavy atom. The van der Waals surface area contributed by atoms with Crippen molar-refractivity contribution in [3.8, 4) is 11.5 Å². The predicted octanol–water partition coefficient (Wildman–Crippen LogP) is 2.61. The first-order chi connectivity index (χ1) is 8.65. The lowest BCUT2D eigenvalue weighted by atomic mass is 10.3. The van der Waals surface area contributed by atoms with E-state index in [1.807, 2.05) is 6.92 Å². The zero-order valence-corrected chi connectivity index (χ0v) is 9.41. The minimum absolute atomic E-state index is 0.0348. The van der Waals surface area contributed by atoms with Crippen LogP contribution < -0.4 is 0 Å². The zero-order chi connectivity index (χ0) is 12.7. The number of hydrogen-bond acceptors (Lipinski definition) is 3. The van der Waals surface area contributed by atoms with Gasteiger partial charge in [0, 0.05) is 6.20 Å². The largest absolute Gasteiger partial charge is 0.336 e. The topological polar surface area (TPSA) is 54.5 Å². The lowest BCUT2D eigenvalue weighted by Gasteiger charge is -1.94. The van der Waals surface area contributed by atoms with Gasteiger partial charge in [0.1, 0.15) is 11.2 Å². The minimum atomic E-state index is -0.963. The molecule has 3 rings (SSSR count). The molecule has 0 aliphatic carbocycles. The van der Waals surface area contributed by atoms with E-state index in [-0.39, 0.29) is 5.52 Å². The standard InChI is InChI=1S/C12H8F2N4/c1-6-4-16-9(5-15-6)12-17-8-3-2-7(13)10(14)11(8)18-12/h2-5H,1H3,(H,17,18). The van der Waals surface area contributed by atoms with Crippen molar-refractivity contribution >= 4 is 11.0 Å². The third-order valence-electron chi connectivity index (χ3n) is 2.57. The van der Waals surface area contributed by atoms with E-state index in [0.29, 0.717) is 17.0 Å². The highest BCUT2D eigenvalue weighted by Gasteiger charge is 2.13. The highest BCUT2D eigenvalue weighted by atomic mass is 19.2. The molecule has 0 aliphatic heterocycles. The van der Waals surface area contributed by atoms with Crippen LogP contribution in [0.3, 0.4) is 0 Å². The molecule has 0 saturated carbocycles. The van der Waals surface area contributed by atoms with Gasteiger partial charge < -0.3 is 4.98 Å². The van der Waals surface area contributed by atoms with Crippen molar-refractivity contribution in [2.75, 3.05) is 0 Å². The Morgan fingerprint density at radius 3 is 2.67 bits per heavy atom. The number of aromatic amines is 1. The lowest BCUT2D eigenvalue weighted by molar-refractivity contribution is 0.515. The molecule has 0 unspecified atom stereocenters. The summed E-state index contributed by atoms with van der Waals surface area (Å²) in [7, 11) is 0. The Balaban J connectivity index is 2.19. The summed E-state index contributed by atoms with van der Waals surface area (Å²) in [4.78, 5) is 15.1. The fourth-order valence-electron chi connectivity index (χ4n) is 1.65. The van der Waals surface area contributed by atoms with Gasteiger partial charge >= 0.3 is 0 Å². The van der Waals surface area contributed by atoms with E-state index in [9.17, 15) is 8.78 Å². The van der Waals surface area contributed by atoms with Crippen molar-refractivity contribution in [1.29, 1.82) is 0 Å². The molecule has 2 aromatic heterocycles. The molecule has 0 saturated heterocycles. The fraction of sp³-hybridized carbons (Fsp3) is 0.0833. The van der Waals surface area contributed by atoms with Crippen LogP contribution in [0.4, 0.5) is 8.78 Å². The third kappa shape index (κ3) is 1.62. The SMILES string of the molecule is Cc1cnc(-c2nc3c(F)c(F)ccc3[nH]2)cn1. The molecule has 3 aromatic rings. The summed E-state index contributed by atoms with van der Waals surface area (Å²) in [5.74, 6) is -1.52. The second kappa shape index (κ2) is 3.83. The van der Waals surface area contributed by atoms with Gasteiger partial charge in [-0.3, -0.25) is 4.98 Å². The number of fused-ring (bicyclic) bond motifs is 1. The summed E-state index contributed by atoms with van der Waals surface area (Å²) < 4.78 is 26.6. The number of halogens is 2. The van der Waals surface area contributed by atoms with Gasteiger partial charge in [-0.1, -0.05) is 0 Å². The molecule has 0 atom stereocenters. The number of aryl methyl sites for hydroxylation is 1. The van der Waals surface area contributed by atoms with Crippen molar-refractivity contribution < 1.29 is 8.78 Å². The summed E-state index contributed by atoms with van der Waals surface area (Å²) in [6, 6.07) is 2.49. The zero-order valence-electron chi connectivity index (χ0n) is 9.41. The van der Waals surface area contributed by atoms with Crippen LogP contribution in [0.2, 0.25) is 0 Å². The summed E-state index contributed by atoms with van der Waals surface area (Å²) in [6.07, 6.45) is 3.11. The van der Waals surface area contributed by atoms with Gasteiger partial charge in [0.2, 0.25) is 0 Å². The fourth-order valence-corrected chi connectivity index (χ4v) is 1.65. The number of nitrogens with one attached hydrogen (secondary N) is 1. The maximum Gasteiger partial charge on any atom is 0.186 e. The molecular formula is C12H8F2N4. The first-order valence-electron chi connectivity index (χ1n) is 5.28. The van der Waals surface area contributed by atoms with E-state index >= 15 is 0 Å². The average molecular weight is 246 g/mol. The van der Waals surface area contributed by atoms with Gasteiger partial charge in [-0.2, -0.15) is 0 Å². The van der Waals surface area contributed by atoms with Gasteiger partial charge in [0.15, 0.2) is 17.5 Å². The first kappa shape index (κ1) is 10.8. The molecule has 1 aromatic carbocycles. The molecule has 4 nitrogen and oxygen atoms in total. The molecule has 0 aliphatic rings. The Hall–Kier alpha value is -2.37. The molecular weight excluding hydrogens is 238 g/mol. The van der Waals surface area contributed by atoms with E-state index < -0.39 is 11.6 Å². The first-order valence-corrected chi connectivity index (χ1v) is 5.28. The van der Waals surface area contributed by atoms with E-state index in [4.69, 9.17) is 0 Å². The van der Waals surface area contributed by atoms with Crippen molar-refractivity contribution in [3.63, 3.8) is 0 Å². The maximum atomic E-state index is 13.5. The smallest absolute Gasteiger partial charge is 0.186 e. The van der Waals surface area contributed by atoms with Crippen LogP contribution in [0.25, 0.3) is 22.6 Å². The molecule has 0 fully saturated rings. The number of benzene rings is 1. The van der Waals surface area contributed by atoms with Crippen molar-refractivity contribution in [1.82, 2.24) is 19.9 Å². The Bertz CT molecular complexity index is 719. The summed E-state index contributed by atoms with van der Waals surface area (Å²) in [6.45, 7) is 1.81. The van der Waals surface area contributed by atoms with Gasteiger partial charge in [-0.25, -0.2) is 18.7 Å². The molecule has 0 radical (unpaired) electrons. The number of nitrogens with zero attached hydrogens (tertiary/aromatic N) is 3. The summed E-state index contributed by atoms with van der Waals surface area (Å²) in [5, 5.41) is 0. The van der Waals surface area contributed by atoms with E-state index in [0.717, 1.165) is 11.8 Å². The Kier molecular flexibility index (Phi) is 2.29. The maximum absolute atomic E-state index is 13.5. The van der Waals surface area contributed by atoms with Crippen molar-refractivity contribution in [2.24, 2.45) is 0 Å². The van der Waals surface area contributed by atoms with Crippen LogP contribution in [-0.4, -0.2) is 19.9 Å². The van der Waals surface area contributed by atoms with Gasteiger partial charge in [-0.15, -0.1) is 0 Å². The quantitative estimate of drug-likeness (QED) is 0.718. The highest BCUT2D eigenvalue weighted by molar-refractivity contribution is 5.79. The average Bonchev–Trinajstić information content (AvgIpc) is 2.80. The van der Waals surface area contributed by atoms with E-state index in [1.54, 1.807) is 6.20 Å². The van der Waals surface area contributed by atoms with E-state index in [2.05, 4.69) is 19.9 Å². The number of aromatic nitrogens is 4. The molecule has 90 valence electrons. The van der Waals surface area contributed by atoms with Crippen LogP contribution in [0, 0.1) is 18.6 Å². The third-order valence-corrected chi connectivity index (χ3v) is 2.57. The second-order valence-corrected chi connectivity index (χ2v) is 3.89. The van der Waals surface area contributed by atoms with Crippen molar-refractivity contribution in [2.45, 2.75) is 6.92 Å². The van der Waals surface area contributed by atoms with Crippen LogP contribution in [0.5, 0.6) is 0 Å². The van der Waals surface area contributed by atoms with Crippen LogP contribution >= 0.6 is 0 Å². The van der Waals surface area contributed by atoms with Crippen LogP contribution in [0.1, 0.15) is 5.69 Å². The molecule has 6 heteroatoms. The Morgan fingerprint density at radius 1 is 1.11 bits per heavy atom. The van der Waals surface area contributed by atoms with Crippen LogP contribution in [0.15, 0.2) is 24.5 Å². The number of H-pyrrole nitrogens is 1. The van der Waals surface area contributed by atoms with E-state index in [1.165, 1.54) is 12.3 Å². The predicted molar refractivity (Wildman–Crippen MR) is 61.8 cm³/mol.